The van der Waals surface area contributed by atoms with E-state index >= 15 is 0 Å². The highest BCUT2D eigenvalue weighted by Crippen LogP contribution is 2.14. The van der Waals surface area contributed by atoms with Crippen LogP contribution in [0.1, 0.15) is 23.3 Å². The van der Waals surface area contributed by atoms with Crippen LogP contribution in [0.5, 0.6) is 0 Å². The van der Waals surface area contributed by atoms with Crippen LogP contribution in [0.4, 0.5) is 5.82 Å². The van der Waals surface area contributed by atoms with Gasteiger partial charge < -0.3 is 5.32 Å². The van der Waals surface area contributed by atoms with E-state index in [4.69, 9.17) is 5.26 Å². The van der Waals surface area contributed by atoms with Crippen molar-refractivity contribution in [2.45, 2.75) is 19.3 Å². The van der Waals surface area contributed by atoms with Gasteiger partial charge in [0.2, 0.25) is 5.91 Å². The van der Waals surface area contributed by atoms with Gasteiger partial charge in [-0.05, 0) is 24.3 Å². The number of nitriles is 1. The van der Waals surface area contributed by atoms with E-state index in [1.165, 1.54) is 9.56 Å². The zero-order valence-corrected chi connectivity index (χ0v) is 11.4. The van der Waals surface area contributed by atoms with Crippen LogP contribution in [-0.2, 0) is 18.3 Å². The third-order valence-electron chi connectivity index (χ3n) is 2.61. The highest BCUT2D eigenvalue weighted by molar-refractivity contribution is 7.09. The number of hydrogen-bond acceptors (Lipinski definition) is 4. The van der Waals surface area contributed by atoms with Crippen molar-refractivity contribution in [1.29, 1.82) is 5.26 Å². The normalized spacial score (nSPS) is 10.1. The number of anilines is 1. The van der Waals surface area contributed by atoms with Gasteiger partial charge in [0, 0.05) is 24.5 Å². The molecule has 0 bridgehead atoms. The van der Waals surface area contributed by atoms with Gasteiger partial charge in [-0.3, -0.25) is 9.48 Å². The third kappa shape index (κ3) is 3.66. The number of carbonyl (C=O) groups excluding carboxylic acids is 1. The van der Waals surface area contributed by atoms with Gasteiger partial charge in [-0.15, -0.1) is 11.3 Å². The summed E-state index contributed by atoms with van der Waals surface area (Å²) >= 11 is 1.70. The lowest BCUT2D eigenvalue weighted by Crippen LogP contribution is -2.12. The number of nitrogens with zero attached hydrogens (tertiary/aromatic N) is 3. The fraction of sp³-hybridized carbons (Fsp3) is 0.308. The minimum absolute atomic E-state index is 0.105. The first-order valence-corrected chi connectivity index (χ1v) is 6.83. The number of carbonyl (C=O) groups is 1. The molecule has 0 aliphatic heterocycles. The summed E-state index contributed by atoms with van der Waals surface area (Å²) in [5.41, 5.74) is 0.383. The second kappa shape index (κ2) is 6.16. The summed E-state index contributed by atoms with van der Waals surface area (Å²) in [6.07, 6.45) is 3.71. The van der Waals surface area contributed by atoms with Crippen LogP contribution < -0.4 is 5.32 Å². The zero-order valence-electron chi connectivity index (χ0n) is 10.6. The van der Waals surface area contributed by atoms with Crippen LogP contribution in [0.3, 0.4) is 0 Å². The number of thiophene rings is 1. The highest BCUT2D eigenvalue weighted by Gasteiger charge is 2.10. The van der Waals surface area contributed by atoms with Crippen LogP contribution in [0.15, 0.2) is 23.7 Å². The van der Waals surface area contributed by atoms with Crippen molar-refractivity contribution in [3.63, 3.8) is 0 Å². The molecule has 98 valence electrons. The van der Waals surface area contributed by atoms with E-state index in [-0.39, 0.29) is 5.91 Å². The van der Waals surface area contributed by atoms with Crippen molar-refractivity contribution in [1.82, 2.24) is 9.78 Å². The maximum Gasteiger partial charge on any atom is 0.225 e. The Kier molecular flexibility index (Phi) is 4.31. The Bertz CT molecular complexity index is 595. The molecule has 0 saturated carbocycles. The smallest absolute Gasteiger partial charge is 0.225 e. The Balaban J connectivity index is 1.82. The van der Waals surface area contributed by atoms with Crippen molar-refractivity contribution in [2.24, 2.45) is 7.05 Å². The largest absolute Gasteiger partial charge is 0.308 e. The summed E-state index contributed by atoms with van der Waals surface area (Å²) in [6.45, 7) is 0. The molecule has 1 N–H and O–H groups in total. The molecule has 6 heteroatoms. The highest BCUT2D eigenvalue weighted by atomic mass is 32.1. The molecule has 1 amide bonds. The number of aryl methyl sites for hydroxylation is 2. The van der Waals surface area contributed by atoms with Crippen molar-refractivity contribution in [3.8, 4) is 6.07 Å². The fourth-order valence-corrected chi connectivity index (χ4v) is 2.49. The molecular weight excluding hydrogens is 260 g/mol. The SMILES string of the molecule is Cn1cc(C#N)c(NC(=O)CCCc2cccs2)n1. The van der Waals surface area contributed by atoms with Gasteiger partial charge in [0.05, 0.1) is 0 Å². The molecule has 0 saturated heterocycles. The molecule has 2 rings (SSSR count). The molecule has 19 heavy (non-hydrogen) atoms. The number of rotatable bonds is 5. The van der Waals surface area contributed by atoms with Gasteiger partial charge in [-0.2, -0.15) is 10.4 Å². The van der Waals surface area contributed by atoms with Crippen LogP contribution >= 0.6 is 11.3 Å². The van der Waals surface area contributed by atoms with Crippen molar-refractivity contribution < 1.29 is 4.79 Å². The molecule has 5 nitrogen and oxygen atoms in total. The predicted octanol–water partition coefficient (Wildman–Crippen LogP) is 2.31. The first kappa shape index (κ1) is 13.3. The standard InChI is InChI=1S/C13H14N4OS/c1-17-9-10(8-14)13(16-17)15-12(18)6-2-4-11-5-3-7-19-11/h3,5,7,9H,2,4,6H2,1H3,(H,15,16,18). The van der Waals surface area contributed by atoms with Gasteiger partial charge in [-0.1, -0.05) is 6.07 Å². The predicted molar refractivity (Wildman–Crippen MR) is 73.8 cm³/mol. The maximum atomic E-state index is 11.8. The Morgan fingerprint density at radius 3 is 3.16 bits per heavy atom. The Hall–Kier alpha value is -2.13. The molecule has 0 spiro atoms. The van der Waals surface area contributed by atoms with Gasteiger partial charge in [0.1, 0.15) is 11.6 Å². The van der Waals surface area contributed by atoms with Gasteiger partial charge in [0.25, 0.3) is 0 Å². The number of amides is 1. The second-order valence-electron chi connectivity index (χ2n) is 4.16. The summed E-state index contributed by atoms with van der Waals surface area (Å²) in [5.74, 6) is 0.234. The Labute approximate surface area is 115 Å². The quantitative estimate of drug-likeness (QED) is 0.909. The second-order valence-corrected chi connectivity index (χ2v) is 5.19. The lowest BCUT2D eigenvalue weighted by atomic mass is 10.2. The average molecular weight is 274 g/mol. The summed E-state index contributed by atoms with van der Waals surface area (Å²) in [4.78, 5) is 13.0. The van der Waals surface area contributed by atoms with E-state index in [0.29, 0.717) is 17.8 Å². The van der Waals surface area contributed by atoms with Gasteiger partial charge in [-0.25, -0.2) is 0 Å². The molecule has 2 heterocycles. The van der Waals surface area contributed by atoms with Crippen LogP contribution in [-0.4, -0.2) is 15.7 Å². The Morgan fingerprint density at radius 2 is 2.47 bits per heavy atom. The van der Waals surface area contributed by atoms with Crippen LogP contribution in [0.25, 0.3) is 0 Å². The van der Waals surface area contributed by atoms with Gasteiger partial charge >= 0.3 is 0 Å². The molecule has 0 unspecified atom stereocenters. The fourth-order valence-electron chi connectivity index (χ4n) is 1.74. The summed E-state index contributed by atoms with van der Waals surface area (Å²) < 4.78 is 1.51. The van der Waals surface area contributed by atoms with Crippen LogP contribution in [0, 0.1) is 11.3 Å². The summed E-state index contributed by atoms with van der Waals surface area (Å²) in [5, 5.41) is 17.6. The molecule has 0 fully saturated rings. The van der Waals surface area contributed by atoms with E-state index < -0.39 is 0 Å². The minimum atomic E-state index is -0.105. The van der Waals surface area contributed by atoms with E-state index in [1.54, 1.807) is 24.6 Å². The first-order chi connectivity index (χ1) is 9.19. The minimum Gasteiger partial charge on any atom is -0.308 e. The number of aromatic nitrogens is 2. The summed E-state index contributed by atoms with van der Waals surface area (Å²) in [7, 11) is 1.72. The Morgan fingerprint density at radius 1 is 1.63 bits per heavy atom. The summed E-state index contributed by atoms with van der Waals surface area (Å²) in [6, 6.07) is 6.08. The van der Waals surface area contributed by atoms with Gasteiger partial charge in [0.15, 0.2) is 5.82 Å². The van der Waals surface area contributed by atoms with Crippen molar-refractivity contribution in [2.75, 3.05) is 5.32 Å². The van der Waals surface area contributed by atoms with Crippen molar-refractivity contribution >= 4 is 23.1 Å². The van der Waals surface area contributed by atoms with Crippen LogP contribution in [0.2, 0.25) is 0 Å². The van der Waals surface area contributed by atoms with E-state index in [9.17, 15) is 4.79 Å². The molecule has 2 aromatic heterocycles. The van der Waals surface area contributed by atoms with E-state index in [2.05, 4.69) is 16.5 Å². The molecular formula is C13H14N4OS. The average Bonchev–Trinajstić information content (AvgIpc) is 2.99. The molecule has 0 aliphatic carbocycles. The van der Waals surface area contributed by atoms with E-state index in [1.807, 2.05) is 17.5 Å². The number of nitrogens with one attached hydrogen (secondary N) is 1. The monoisotopic (exact) mass is 274 g/mol. The third-order valence-corrected chi connectivity index (χ3v) is 3.55. The van der Waals surface area contributed by atoms with Crippen molar-refractivity contribution in [3.05, 3.63) is 34.2 Å². The lowest BCUT2D eigenvalue weighted by molar-refractivity contribution is -0.116. The zero-order chi connectivity index (χ0) is 13.7. The topological polar surface area (TPSA) is 70.7 Å². The lowest BCUT2D eigenvalue weighted by Gasteiger charge is -2.01. The number of hydrogen-bond donors (Lipinski definition) is 1. The maximum absolute atomic E-state index is 11.8. The molecule has 0 radical (unpaired) electrons. The van der Waals surface area contributed by atoms with E-state index in [0.717, 1.165) is 12.8 Å². The molecule has 0 atom stereocenters. The molecule has 0 aromatic carbocycles. The molecule has 2 aromatic rings. The first-order valence-electron chi connectivity index (χ1n) is 5.95. The molecule has 0 aliphatic rings.